The minimum Gasteiger partial charge on any atom is -0.508 e. The fraction of sp³-hybridized carbons (Fsp3) is 0.267. The second-order valence-corrected chi connectivity index (χ2v) is 6.82. The molecule has 0 amide bonds. The number of hydrogen-bond acceptors (Lipinski definition) is 4. The predicted octanol–water partition coefficient (Wildman–Crippen LogP) is 2.39. The van der Waals surface area contributed by atoms with Crippen molar-refractivity contribution in [1.82, 2.24) is 4.98 Å². The van der Waals surface area contributed by atoms with Crippen molar-refractivity contribution < 1.29 is 13.5 Å². The van der Waals surface area contributed by atoms with E-state index in [4.69, 9.17) is 0 Å². The van der Waals surface area contributed by atoms with Gasteiger partial charge in [-0.15, -0.1) is 0 Å². The van der Waals surface area contributed by atoms with Gasteiger partial charge in [-0.25, -0.2) is 8.42 Å². The van der Waals surface area contributed by atoms with Crippen molar-refractivity contribution in [3.05, 3.63) is 53.3 Å². The second-order valence-electron chi connectivity index (χ2n) is 4.98. The quantitative estimate of drug-likeness (QED) is 0.831. The normalized spacial score (nSPS) is 11.3. The van der Waals surface area contributed by atoms with Gasteiger partial charge in [-0.05, 0) is 61.2 Å². The monoisotopic (exact) mass is 306 g/mol. The summed E-state index contributed by atoms with van der Waals surface area (Å²) in [6.45, 7) is 3.48. The minimum absolute atomic E-state index is 0.00359. The van der Waals surface area contributed by atoms with Crippen molar-refractivity contribution in [2.24, 2.45) is 0 Å². The topological polar surface area (TPSA) is 79.3 Å². The van der Waals surface area contributed by atoms with Gasteiger partial charge in [-0.3, -0.25) is 9.71 Å². The number of nitrogens with one attached hydrogen (secondary N) is 1. The number of phenols is 1. The van der Waals surface area contributed by atoms with Crippen molar-refractivity contribution in [3.63, 3.8) is 0 Å². The third-order valence-corrected chi connectivity index (χ3v) is 4.49. The number of aromatic hydroxyl groups is 1. The van der Waals surface area contributed by atoms with Crippen LogP contribution in [-0.4, -0.2) is 24.3 Å². The Morgan fingerprint density at radius 1 is 1.14 bits per heavy atom. The van der Waals surface area contributed by atoms with Crippen molar-refractivity contribution in [2.75, 3.05) is 10.5 Å². The maximum absolute atomic E-state index is 12.1. The number of hydrogen-bond donors (Lipinski definition) is 2. The smallest absolute Gasteiger partial charge is 0.233 e. The van der Waals surface area contributed by atoms with E-state index in [1.165, 1.54) is 0 Å². The zero-order chi connectivity index (χ0) is 15.5. The van der Waals surface area contributed by atoms with E-state index in [0.29, 0.717) is 23.2 Å². The Balaban J connectivity index is 2.09. The summed E-state index contributed by atoms with van der Waals surface area (Å²) in [7, 11) is -3.44. The highest BCUT2D eigenvalue weighted by atomic mass is 32.2. The Bertz CT molecular complexity index is 728. The Labute approximate surface area is 124 Å². The van der Waals surface area contributed by atoms with Gasteiger partial charge in [0.15, 0.2) is 0 Å². The molecular formula is C15H18N2O3S. The number of nitrogens with zero attached hydrogens (tertiary/aromatic N) is 1. The molecule has 2 N–H and O–H groups in total. The summed E-state index contributed by atoms with van der Waals surface area (Å²) >= 11 is 0. The fourth-order valence-electron chi connectivity index (χ4n) is 1.93. The average molecular weight is 306 g/mol. The molecule has 1 heterocycles. The highest BCUT2D eigenvalue weighted by molar-refractivity contribution is 7.92. The summed E-state index contributed by atoms with van der Waals surface area (Å²) < 4.78 is 26.8. The van der Waals surface area contributed by atoms with Crippen LogP contribution in [0.1, 0.15) is 16.7 Å². The number of benzene rings is 1. The highest BCUT2D eigenvalue weighted by Crippen LogP contribution is 2.25. The van der Waals surface area contributed by atoms with E-state index in [9.17, 15) is 13.5 Å². The van der Waals surface area contributed by atoms with E-state index >= 15 is 0 Å². The zero-order valence-corrected chi connectivity index (χ0v) is 12.8. The number of pyridine rings is 1. The Morgan fingerprint density at radius 3 is 2.48 bits per heavy atom. The molecule has 0 aliphatic heterocycles. The van der Waals surface area contributed by atoms with Crippen LogP contribution in [0.2, 0.25) is 0 Å². The second kappa shape index (κ2) is 6.13. The van der Waals surface area contributed by atoms with Crippen LogP contribution in [0.3, 0.4) is 0 Å². The van der Waals surface area contributed by atoms with E-state index in [2.05, 4.69) is 9.71 Å². The third kappa shape index (κ3) is 4.19. The van der Waals surface area contributed by atoms with Crippen molar-refractivity contribution in [3.8, 4) is 5.75 Å². The number of anilines is 1. The summed E-state index contributed by atoms with van der Waals surface area (Å²) in [5.74, 6) is 0.156. The first-order valence-corrected chi connectivity index (χ1v) is 8.22. The number of sulfonamides is 1. The summed E-state index contributed by atoms with van der Waals surface area (Å²) in [5.41, 5.74) is 2.74. The lowest BCUT2D eigenvalue weighted by molar-refractivity contribution is 0.471. The van der Waals surface area contributed by atoms with Crippen LogP contribution in [0, 0.1) is 13.8 Å². The molecule has 1 aromatic heterocycles. The number of rotatable bonds is 5. The molecule has 0 aliphatic rings. The van der Waals surface area contributed by atoms with Gasteiger partial charge >= 0.3 is 0 Å². The van der Waals surface area contributed by atoms with E-state index in [0.717, 1.165) is 5.56 Å². The van der Waals surface area contributed by atoms with Crippen LogP contribution in [0.5, 0.6) is 5.75 Å². The first-order chi connectivity index (χ1) is 9.87. The van der Waals surface area contributed by atoms with Crippen LogP contribution in [0.25, 0.3) is 0 Å². The Hall–Kier alpha value is -2.08. The predicted molar refractivity (Wildman–Crippen MR) is 82.9 cm³/mol. The molecule has 0 spiro atoms. The molecule has 0 unspecified atom stereocenters. The Kier molecular flexibility index (Phi) is 4.47. The van der Waals surface area contributed by atoms with E-state index in [-0.39, 0.29) is 11.5 Å². The zero-order valence-electron chi connectivity index (χ0n) is 12.0. The molecule has 2 rings (SSSR count). The van der Waals surface area contributed by atoms with Crippen LogP contribution in [0.15, 0.2) is 36.7 Å². The van der Waals surface area contributed by atoms with Crippen LogP contribution >= 0.6 is 0 Å². The van der Waals surface area contributed by atoms with E-state index < -0.39 is 10.0 Å². The largest absolute Gasteiger partial charge is 0.508 e. The van der Waals surface area contributed by atoms with Gasteiger partial charge in [-0.2, -0.15) is 0 Å². The van der Waals surface area contributed by atoms with Crippen LogP contribution in [-0.2, 0) is 16.4 Å². The molecule has 112 valence electrons. The maximum atomic E-state index is 12.1. The van der Waals surface area contributed by atoms with Gasteiger partial charge in [0.25, 0.3) is 0 Å². The van der Waals surface area contributed by atoms with E-state index in [1.807, 2.05) is 0 Å². The lowest BCUT2D eigenvalue weighted by Crippen LogP contribution is -2.19. The highest BCUT2D eigenvalue weighted by Gasteiger charge is 2.13. The lowest BCUT2D eigenvalue weighted by Gasteiger charge is -2.12. The van der Waals surface area contributed by atoms with Gasteiger partial charge in [0, 0.05) is 12.4 Å². The molecule has 5 nitrogen and oxygen atoms in total. The average Bonchev–Trinajstić information content (AvgIpc) is 2.44. The minimum atomic E-state index is -3.44. The summed E-state index contributed by atoms with van der Waals surface area (Å²) in [6, 6.07) is 6.78. The Morgan fingerprint density at radius 2 is 1.81 bits per heavy atom. The number of aromatic nitrogens is 1. The molecule has 0 bridgehead atoms. The molecular weight excluding hydrogens is 288 g/mol. The third-order valence-electron chi connectivity index (χ3n) is 3.22. The van der Waals surface area contributed by atoms with Crippen molar-refractivity contribution in [2.45, 2.75) is 20.3 Å². The molecule has 0 atom stereocenters. The van der Waals surface area contributed by atoms with Gasteiger partial charge in [0.05, 0.1) is 11.4 Å². The lowest BCUT2D eigenvalue weighted by atomic mass is 10.1. The van der Waals surface area contributed by atoms with Gasteiger partial charge in [-0.1, -0.05) is 0 Å². The molecule has 0 saturated heterocycles. The summed E-state index contributed by atoms with van der Waals surface area (Å²) in [4.78, 5) is 3.90. The first kappa shape index (κ1) is 15.3. The number of phenolic OH excluding ortho intramolecular Hbond substituents is 1. The van der Waals surface area contributed by atoms with Gasteiger partial charge in [0.1, 0.15) is 5.75 Å². The molecule has 0 fully saturated rings. The van der Waals surface area contributed by atoms with Gasteiger partial charge < -0.3 is 5.11 Å². The standard InChI is InChI=1S/C15H18N2O3S/c1-11-10-15(18)12(2)9-14(11)17-21(19,20)8-5-13-3-6-16-7-4-13/h3-4,6-7,9-10,17-18H,5,8H2,1-2H3. The first-order valence-electron chi connectivity index (χ1n) is 6.57. The molecule has 0 saturated carbocycles. The number of aryl methyl sites for hydroxylation is 3. The maximum Gasteiger partial charge on any atom is 0.233 e. The van der Waals surface area contributed by atoms with Crippen LogP contribution in [0.4, 0.5) is 5.69 Å². The van der Waals surface area contributed by atoms with Gasteiger partial charge in [0.2, 0.25) is 10.0 Å². The molecule has 0 radical (unpaired) electrons. The fourth-order valence-corrected chi connectivity index (χ4v) is 3.09. The summed E-state index contributed by atoms with van der Waals surface area (Å²) in [6.07, 6.45) is 3.71. The molecule has 1 aromatic carbocycles. The van der Waals surface area contributed by atoms with Crippen molar-refractivity contribution in [1.29, 1.82) is 0 Å². The van der Waals surface area contributed by atoms with Crippen molar-refractivity contribution >= 4 is 15.7 Å². The molecule has 2 aromatic rings. The molecule has 6 heteroatoms. The SMILES string of the molecule is Cc1cc(NS(=O)(=O)CCc2ccncc2)c(C)cc1O. The summed E-state index contributed by atoms with van der Waals surface area (Å²) in [5, 5.41) is 9.59. The molecule has 21 heavy (non-hydrogen) atoms. The van der Waals surface area contributed by atoms with Crippen LogP contribution < -0.4 is 4.72 Å². The molecule has 0 aliphatic carbocycles. The van der Waals surface area contributed by atoms with E-state index in [1.54, 1.807) is 50.5 Å².